The Kier molecular flexibility index (Phi) is 4.69. The minimum Gasteiger partial charge on any atom is -0.389 e. The zero-order valence-corrected chi connectivity index (χ0v) is 13.5. The minimum absolute atomic E-state index is 0.121. The molecule has 1 aromatic carbocycles. The van der Waals surface area contributed by atoms with Gasteiger partial charge in [-0.25, -0.2) is 0 Å². The molecule has 1 aliphatic rings. The van der Waals surface area contributed by atoms with Crippen molar-refractivity contribution in [1.29, 1.82) is 0 Å². The number of hydrogen-bond acceptors (Lipinski definition) is 3. The van der Waals surface area contributed by atoms with Crippen LogP contribution in [0.4, 0.5) is 0 Å². The molecule has 1 heterocycles. The number of rotatable bonds is 3. The first kappa shape index (κ1) is 16.0. The van der Waals surface area contributed by atoms with Crippen LogP contribution in [-0.2, 0) is 0 Å². The van der Waals surface area contributed by atoms with Gasteiger partial charge in [-0.2, -0.15) is 0 Å². The Bertz CT molecular complexity index is 512. The molecule has 4 heteroatoms. The van der Waals surface area contributed by atoms with Crippen LogP contribution in [-0.4, -0.2) is 59.1 Å². The quantitative estimate of drug-likeness (QED) is 0.923. The van der Waals surface area contributed by atoms with Crippen molar-refractivity contribution in [3.63, 3.8) is 0 Å². The number of hydrogen-bond donors (Lipinski definition) is 1. The van der Waals surface area contributed by atoms with Gasteiger partial charge < -0.3 is 10.0 Å². The molecule has 4 nitrogen and oxygen atoms in total. The molecule has 1 amide bonds. The van der Waals surface area contributed by atoms with E-state index in [2.05, 4.69) is 11.0 Å². The van der Waals surface area contributed by atoms with Gasteiger partial charge >= 0.3 is 0 Å². The van der Waals surface area contributed by atoms with E-state index in [4.69, 9.17) is 0 Å². The highest BCUT2D eigenvalue weighted by molar-refractivity contribution is 5.95. The van der Waals surface area contributed by atoms with Crippen LogP contribution in [0, 0.1) is 13.8 Å². The largest absolute Gasteiger partial charge is 0.389 e. The number of aryl methyl sites for hydroxylation is 2. The molecule has 21 heavy (non-hydrogen) atoms. The molecule has 1 fully saturated rings. The first-order valence-corrected chi connectivity index (χ1v) is 7.57. The van der Waals surface area contributed by atoms with E-state index in [1.165, 1.54) is 5.56 Å². The fraction of sp³-hybridized carbons (Fsp3) is 0.588. The number of benzene rings is 1. The predicted molar refractivity (Wildman–Crippen MR) is 84.6 cm³/mol. The van der Waals surface area contributed by atoms with Crippen molar-refractivity contribution in [2.24, 2.45) is 0 Å². The SMILES string of the molecule is Cc1ccc(C(=O)N2CCN(CC(C)(C)O)CC2)c(C)c1. The topological polar surface area (TPSA) is 43.8 Å². The molecular formula is C17H26N2O2. The second-order valence-electron chi connectivity index (χ2n) is 6.70. The van der Waals surface area contributed by atoms with Gasteiger partial charge in [-0.1, -0.05) is 17.7 Å². The Morgan fingerprint density at radius 2 is 1.81 bits per heavy atom. The van der Waals surface area contributed by atoms with Gasteiger partial charge in [-0.3, -0.25) is 9.69 Å². The van der Waals surface area contributed by atoms with Crippen LogP contribution < -0.4 is 0 Å². The molecule has 116 valence electrons. The Morgan fingerprint density at radius 1 is 1.19 bits per heavy atom. The van der Waals surface area contributed by atoms with Gasteiger partial charge in [0.1, 0.15) is 0 Å². The van der Waals surface area contributed by atoms with Gasteiger partial charge in [0.25, 0.3) is 5.91 Å². The summed E-state index contributed by atoms with van der Waals surface area (Å²) in [6.07, 6.45) is 0. The van der Waals surface area contributed by atoms with Crippen molar-refractivity contribution in [2.45, 2.75) is 33.3 Å². The summed E-state index contributed by atoms with van der Waals surface area (Å²) in [5.41, 5.74) is 2.34. The van der Waals surface area contributed by atoms with Crippen LogP contribution in [0.5, 0.6) is 0 Å². The van der Waals surface area contributed by atoms with Crippen LogP contribution in [0.25, 0.3) is 0 Å². The van der Waals surface area contributed by atoms with E-state index >= 15 is 0 Å². The molecule has 1 aromatic rings. The van der Waals surface area contributed by atoms with Gasteiger partial charge in [0.2, 0.25) is 0 Å². The van der Waals surface area contributed by atoms with Gasteiger partial charge in [0.15, 0.2) is 0 Å². The molecule has 0 bridgehead atoms. The number of carbonyl (C=O) groups excluding carboxylic acids is 1. The van der Waals surface area contributed by atoms with E-state index in [1.54, 1.807) is 0 Å². The maximum absolute atomic E-state index is 12.6. The molecule has 1 N–H and O–H groups in total. The summed E-state index contributed by atoms with van der Waals surface area (Å²) in [4.78, 5) is 16.7. The van der Waals surface area contributed by atoms with E-state index in [0.717, 1.165) is 37.3 Å². The monoisotopic (exact) mass is 290 g/mol. The predicted octanol–water partition coefficient (Wildman–Crippen LogP) is 1.83. The lowest BCUT2D eigenvalue weighted by molar-refractivity contribution is 0.0178. The number of piperazine rings is 1. The highest BCUT2D eigenvalue weighted by Gasteiger charge is 2.26. The Balaban J connectivity index is 1.97. The highest BCUT2D eigenvalue weighted by atomic mass is 16.3. The van der Waals surface area contributed by atoms with Crippen LogP contribution >= 0.6 is 0 Å². The summed E-state index contributed by atoms with van der Waals surface area (Å²) in [6, 6.07) is 5.97. The average molecular weight is 290 g/mol. The van der Waals surface area contributed by atoms with Gasteiger partial charge in [0, 0.05) is 38.3 Å². The van der Waals surface area contributed by atoms with E-state index in [-0.39, 0.29) is 5.91 Å². The Hall–Kier alpha value is -1.39. The van der Waals surface area contributed by atoms with E-state index in [1.807, 2.05) is 44.7 Å². The first-order valence-electron chi connectivity index (χ1n) is 7.57. The number of nitrogens with zero attached hydrogens (tertiary/aromatic N) is 2. The maximum atomic E-state index is 12.6. The Labute approximate surface area is 127 Å². The van der Waals surface area contributed by atoms with Crippen LogP contribution in [0.2, 0.25) is 0 Å². The summed E-state index contributed by atoms with van der Waals surface area (Å²) >= 11 is 0. The first-order chi connectivity index (χ1) is 9.76. The van der Waals surface area contributed by atoms with Crippen molar-refractivity contribution in [2.75, 3.05) is 32.7 Å². The third kappa shape index (κ3) is 4.29. The molecule has 0 aliphatic carbocycles. The molecule has 0 spiro atoms. The number of aliphatic hydroxyl groups is 1. The molecule has 2 rings (SSSR count). The van der Waals surface area contributed by atoms with Crippen molar-refractivity contribution >= 4 is 5.91 Å². The van der Waals surface area contributed by atoms with Gasteiger partial charge in [-0.05, 0) is 39.3 Å². The third-order valence-electron chi connectivity index (χ3n) is 3.88. The molecule has 0 unspecified atom stereocenters. The zero-order valence-electron chi connectivity index (χ0n) is 13.5. The van der Waals surface area contributed by atoms with Crippen molar-refractivity contribution < 1.29 is 9.90 Å². The molecule has 0 radical (unpaired) electrons. The number of carbonyl (C=O) groups is 1. The lowest BCUT2D eigenvalue weighted by atomic mass is 10.0. The summed E-state index contributed by atoms with van der Waals surface area (Å²) < 4.78 is 0. The summed E-state index contributed by atoms with van der Waals surface area (Å²) in [5, 5.41) is 9.86. The van der Waals surface area contributed by atoms with Crippen LogP contribution in [0.1, 0.15) is 35.3 Å². The second kappa shape index (κ2) is 6.16. The minimum atomic E-state index is -0.681. The highest BCUT2D eigenvalue weighted by Crippen LogP contribution is 2.15. The fourth-order valence-corrected chi connectivity index (χ4v) is 2.88. The van der Waals surface area contributed by atoms with Gasteiger partial charge in [-0.15, -0.1) is 0 Å². The summed E-state index contributed by atoms with van der Waals surface area (Å²) in [7, 11) is 0. The normalized spacial score (nSPS) is 17.1. The summed E-state index contributed by atoms with van der Waals surface area (Å²) in [6.45, 7) is 11.4. The number of β-amino-alcohol motifs (C(OH)–C–C–N with tert-alkyl or cyclic N) is 1. The van der Waals surface area contributed by atoms with Crippen molar-refractivity contribution in [1.82, 2.24) is 9.80 Å². The van der Waals surface area contributed by atoms with E-state index in [0.29, 0.717) is 6.54 Å². The maximum Gasteiger partial charge on any atom is 0.254 e. The standard InChI is InChI=1S/C17H26N2O2/c1-13-5-6-15(14(2)11-13)16(20)19-9-7-18(8-10-19)12-17(3,4)21/h5-6,11,21H,7-10,12H2,1-4H3. The lowest BCUT2D eigenvalue weighted by Crippen LogP contribution is -2.52. The zero-order chi connectivity index (χ0) is 15.6. The van der Waals surface area contributed by atoms with E-state index in [9.17, 15) is 9.90 Å². The lowest BCUT2D eigenvalue weighted by Gasteiger charge is -2.37. The average Bonchev–Trinajstić information content (AvgIpc) is 2.37. The van der Waals surface area contributed by atoms with E-state index < -0.39 is 5.60 Å². The number of amides is 1. The molecule has 1 aliphatic heterocycles. The summed E-state index contributed by atoms with van der Waals surface area (Å²) in [5.74, 6) is 0.121. The van der Waals surface area contributed by atoms with Crippen LogP contribution in [0.3, 0.4) is 0 Å². The van der Waals surface area contributed by atoms with Crippen molar-refractivity contribution in [3.8, 4) is 0 Å². The fourth-order valence-electron chi connectivity index (χ4n) is 2.88. The third-order valence-corrected chi connectivity index (χ3v) is 3.88. The smallest absolute Gasteiger partial charge is 0.254 e. The molecule has 0 atom stereocenters. The van der Waals surface area contributed by atoms with Gasteiger partial charge in [0.05, 0.1) is 5.60 Å². The second-order valence-corrected chi connectivity index (χ2v) is 6.70. The molecule has 1 saturated heterocycles. The molecule has 0 saturated carbocycles. The van der Waals surface area contributed by atoms with Crippen molar-refractivity contribution in [3.05, 3.63) is 34.9 Å². The Morgan fingerprint density at radius 3 is 2.33 bits per heavy atom. The molecule has 0 aromatic heterocycles. The van der Waals surface area contributed by atoms with Crippen LogP contribution in [0.15, 0.2) is 18.2 Å². The molecular weight excluding hydrogens is 264 g/mol.